The van der Waals surface area contributed by atoms with Gasteiger partial charge in [0.2, 0.25) is 5.78 Å². The van der Waals surface area contributed by atoms with Crippen LogP contribution in [0.25, 0.3) is 0 Å². The fourth-order valence-corrected chi connectivity index (χ4v) is 3.12. The first kappa shape index (κ1) is 15.5. The van der Waals surface area contributed by atoms with E-state index in [1.807, 2.05) is 12.1 Å². The number of Topliss-reactive ketones (excluding diaryl/α,β-unsaturated/α-hetero) is 1. The first-order chi connectivity index (χ1) is 11.2. The highest BCUT2D eigenvalue weighted by Crippen LogP contribution is 2.32. The van der Waals surface area contributed by atoms with E-state index in [0.717, 1.165) is 0 Å². The van der Waals surface area contributed by atoms with Crippen molar-refractivity contribution < 1.29 is 14.3 Å². The molecule has 1 aromatic heterocycles. The van der Waals surface area contributed by atoms with Gasteiger partial charge < -0.3 is 9.72 Å². The van der Waals surface area contributed by atoms with Crippen LogP contribution in [-0.2, 0) is 4.74 Å². The van der Waals surface area contributed by atoms with Crippen molar-refractivity contribution in [2.24, 2.45) is 0 Å². The smallest absolute Gasteiger partial charge is 0.338 e. The molecule has 23 heavy (non-hydrogen) atoms. The molecule has 4 heteroatoms. The maximum absolute atomic E-state index is 12.0. The number of rotatable bonds is 5. The molecule has 0 amide bonds. The number of esters is 1. The number of hydrogen-bond acceptors (Lipinski definition) is 3. The molecule has 2 aromatic rings. The van der Waals surface area contributed by atoms with Gasteiger partial charge in [0.15, 0.2) is 6.61 Å². The second-order valence-corrected chi connectivity index (χ2v) is 6.04. The zero-order valence-electron chi connectivity index (χ0n) is 13.1. The Morgan fingerprint density at radius 2 is 1.78 bits per heavy atom. The van der Waals surface area contributed by atoms with Crippen molar-refractivity contribution in [1.29, 1.82) is 0 Å². The molecule has 1 fully saturated rings. The SMILES string of the molecule is O=C(OCC(=O)c1ccc[nH]1)c1ccc(C2CCCCC2)cc1. The molecule has 4 nitrogen and oxygen atoms in total. The van der Waals surface area contributed by atoms with Crippen LogP contribution in [0.5, 0.6) is 0 Å². The summed E-state index contributed by atoms with van der Waals surface area (Å²) >= 11 is 0. The van der Waals surface area contributed by atoms with E-state index in [9.17, 15) is 9.59 Å². The van der Waals surface area contributed by atoms with Gasteiger partial charge in [-0.3, -0.25) is 4.79 Å². The van der Waals surface area contributed by atoms with Crippen molar-refractivity contribution >= 4 is 11.8 Å². The molecule has 0 bridgehead atoms. The van der Waals surface area contributed by atoms with Crippen molar-refractivity contribution in [3.8, 4) is 0 Å². The summed E-state index contributed by atoms with van der Waals surface area (Å²) in [5.41, 5.74) is 2.23. The minimum atomic E-state index is -0.458. The van der Waals surface area contributed by atoms with Crippen LogP contribution < -0.4 is 0 Å². The van der Waals surface area contributed by atoms with Gasteiger partial charge in [0.1, 0.15) is 0 Å². The summed E-state index contributed by atoms with van der Waals surface area (Å²) < 4.78 is 5.09. The Balaban J connectivity index is 1.56. The second kappa shape index (κ2) is 7.27. The standard InChI is InChI=1S/C19H21NO3/c21-18(17-7-4-12-20-17)13-23-19(22)16-10-8-15(9-11-16)14-5-2-1-3-6-14/h4,7-12,14,20H,1-3,5-6,13H2. The normalized spacial score (nSPS) is 15.3. The third-order valence-electron chi connectivity index (χ3n) is 4.46. The van der Waals surface area contributed by atoms with Crippen LogP contribution in [0.1, 0.15) is 64.4 Å². The fourth-order valence-electron chi connectivity index (χ4n) is 3.12. The largest absolute Gasteiger partial charge is 0.454 e. The Hall–Kier alpha value is -2.36. The average molecular weight is 311 g/mol. The molecule has 0 spiro atoms. The topological polar surface area (TPSA) is 59.2 Å². The molecule has 1 aliphatic rings. The van der Waals surface area contributed by atoms with Crippen LogP contribution in [0.2, 0.25) is 0 Å². The lowest BCUT2D eigenvalue weighted by molar-refractivity contribution is 0.0473. The van der Waals surface area contributed by atoms with Crippen molar-refractivity contribution in [2.45, 2.75) is 38.0 Å². The molecule has 1 aromatic carbocycles. The predicted molar refractivity (Wildman–Crippen MR) is 87.7 cm³/mol. The van der Waals surface area contributed by atoms with Crippen molar-refractivity contribution in [3.63, 3.8) is 0 Å². The molecule has 1 aliphatic carbocycles. The molecule has 0 aliphatic heterocycles. The Morgan fingerprint density at radius 3 is 2.43 bits per heavy atom. The molecule has 0 radical (unpaired) electrons. The molecule has 0 atom stereocenters. The van der Waals surface area contributed by atoms with Crippen molar-refractivity contribution in [3.05, 3.63) is 59.4 Å². The van der Waals surface area contributed by atoms with Gasteiger partial charge in [-0.1, -0.05) is 31.4 Å². The van der Waals surface area contributed by atoms with E-state index in [4.69, 9.17) is 4.74 Å². The van der Waals surface area contributed by atoms with Crippen LogP contribution in [0.3, 0.4) is 0 Å². The van der Waals surface area contributed by atoms with E-state index in [-0.39, 0.29) is 12.4 Å². The zero-order valence-corrected chi connectivity index (χ0v) is 13.1. The van der Waals surface area contributed by atoms with Gasteiger partial charge >= 0.3 is 5.97 Å². The van der Waals surface area contributed by atoms with E-state index < -0.39 is 5.97 Å². The number of carbonyl (C=O) groups excluding carboxylic acids is 2. The summed E-state index contributed by atoms with van der Waals surface area (Å²) in [5, 5.41) is 0. The lowest BCUT2D eigenvalue weighted by Crippen LogP contribution is -2.14. The first-order valence-corrected chi connectivity index (χ1v) is 8.18. The second-order valence-electron chi connectivity index (χ2n) is 6.04. The number of benzene rings is 1. The van der Waals surface area contributed by atoms with E-state index in [1.54, 1.807) is 30.5 Å². The number of aromatic nitrogens is 1. The summed E-state index contributed by atoms with van der Waals surface area (Å²) in [5.74, 6) is -0.0782. The van der Waals surface area contributed by atoms with E-state index in [1.165, 1.54) is 37.7 Å². The molecule has 1 heterocycles. The third-order valence-corrected chi connectivity index (χ3v) is 4.46. The highest BCUT2D eigenvalue weighted by Gasteiger charge is 2.17. The van der Waals surface area contributed by atoms with E-state index in [2.05, 4.69) is 4.98 Å². The molecule has 1 N–H and O–H groups in total. The predicted octanol–water partition coefficient (Wildman–Crippen LogP) is 4.10. The van der Waals surface area contributed by atoms with Crippen LogP contribution in [0, 0.1) is 0 Å². The van der Waals surface area contributed by atoms with Crippen LogP contribution in [0.4, 0.5) is 0 Å². The summed E-state index contributed by atoms with van der Waals surface area (Å²) in [6.45, 7) is -0.246. The minimum Gasteiger partial charge on any atom is -0.454 e. The highest BCUT2D eigenvalue weighted by atomic mass is 16.5. The lowest BCUT2D eigenvalue weighted by Gasteiger charge is -2.21. The summed E-state index contributed by atoms with van der Waals surface area (Å²) in [6, 6.07) is 11.0. The van der Waals surface area contributed by atoms with Crippen molar-refractivity contribution in [2.75, 3.05) is 6.61 Å². The number of ketones is 1. The van der Waals surface area contributed by atoms with Gasteiger partial charge in [0.05, 0.1) is 11.3 Å². The quantitative estimate of drug-likeness (QED) is 0.668. The van der Waals surface area contributed by atoms with Gasteiger partial charge in [-0.05, 0) is 48.6 Å². The summed E-state index contributed by atoms with van der Waals surface area (Å²) in [7, 11) is 0. The maximum atomic E-state index is 12.0. The highest BCUT2D eigenvalue weighted by molar-refractivity contribution is 5.98. The van der Waals surface area contributed by atoms with E-state index in [0.29, 0.717) is 17.2 Å². The van der Waals surface area contributed by atoms with Crippen LogP contribution in [0.15, 0.2) is 42.6 Å². The van der Waals surface area contributed by atoms with Gasteiger partial charge in [-0.25, -0.2) is 4.79 Å². The molecule has 0 saturated heterocycles. The molecular weight excluding hydrogens is 290 g/mol. The maximum Gasteiger partial charge on any atom is 0.338 e. The number of ether oxygens (including phenoxy) is 1. The Labute approximate surface area is 135 Å². The van der Waals surface area contributed by atoms with Crippen LogP contribution in [-0.4, -0.2) is 23.3 Å². The van der Waals surface area contributed by atoms with E-state index >= 15 is 0 Å². The average Bonchev–Trinajstić information content (AvgIpc) is 3.15. The summed E-state index contributed by atoms with van der Waals surface area (Å²) in [4.78, 5) is 26.6. The monoisotopic (exact) mass is 311 g/mol. The molecule has 1 saturated carbocycles. The van der Waals surface area contributed by atoms with Gasteiger partial charge in [-0.15, -0.1) is 0 Å². The molecule has 0 unspecified atom stereocenters. The van der Waals surface area contributed by atoms with Gasteiger partial charge in [0, 0.05) is 6.20 Å². The van der Waals surface area contributed by atoms with Gasteiger partial charge in [-0.2, -0.15) is 0 Å². The number of carbonyl (C=O) groups is 2. The lowest BCUT2D eigenvalue weighted by atomic mass is 9.84. The van der Waals surface area contributed by atoms with Gasteiger partial charge in [0.25, 0.3) is 0 Å². The number of aromatic amines is 1. The Morgan fingerprint density at radius 1 is 1.04 bits per heavy atom. The minimum absolute atomic E-state index is 0.234. The van der Waals surface area contributed by atoms with Crippen molar-refractivity contribution in [1.82, 2.24) is 4.98 Å². The number of hydrogen-bond donors (Lipinski definition) is 1. The van der Waals surface area contributed by atoms with Crippen LogP contribution >= 0.6 is 0 Å². The number of H-pyrrole nitrogens is 1. The third kappa shape index (κ3) is 3.89. The Kier molecular flexibility index (Phi) is 4.91. The molecule has 120 valence electrons. The summed E-state index contributed by atoms with van der Waals surface area (Å²) in [6.07, 6.45) is 8.03. The Bertz CT molecular complexity index is 652. The zero-order chi connectivity index (χ0) is 16.1. The first-order valence-electron chi connectivity index (χ1n) is 8.18. The molecular formula is C19H21NO3. The fraction of sp³-hybridized carbons (Fsp3) is 0.368. The number of nitrogens with one attached hydrogen (secondary N) is 1. The molecule has 3 rings (SSSR count).